The third kappa shape index (κ3) is 1.59. The molecule has 3 rings (SSSR count). The summed E-state index contributed by atoms with van der Waals surface area (Å²) in [5.74, 6) is 0. The molecule has 0 saturated carbocycles. The van der Waals surface area contributed by atoms with E-state index in [1.807, 2.05) is 12.3 Å². The molecule has 0 fully saturated rings. The fourth-order valence-electron chi connectivity index (χ4n) is 2.27. The average molecular weight is 211 g/mol. The van der Waals surface area contributed by atoms with Gasteiger partial charge in [-0.2, -0.15) is 10.2 Å². The van der Waals surface area contributed by atoms with Crippen molar-refractivity contribution in [2.24, 2.45) is 0 Å². The summed E-state index contributed by atoms with van der Waals surface area (Å²) in [5.41, 5.74) is 3.98. The SMILES string of the molecule is c1ccc2c(c1)CCN[C@@H]2c1ccnnc1. The molecular weight excluding hydrogens is 198 g/mol. The highest BCUT2D eigenvalue weighted by molar-refractivity contribution is 5.38. The van der Waals surface area contributed by atoms with Gasteiger partial charge < -0.3 is 5.32 Å². The first-order chi connectivity index (χ1) is 7.95. The first-order valence-corrected chi connectivity index (χ1v) is 5.53. The number of fused-ring (bicyclic) bond motifs is 1. The van der Waals surface area contributed by atoms with Crippen molar-refractivity contribution in [2.45, 2.75) is 12.5 Å². The minimum Gasteiger partial charge on any atom is -0.306 e. The smallest absolute Gasteiger partial charge is 0.0596 e. The van der Waals surface area contributed by atoms with Crippen molar-refractivity contribution < 1.29 is 0 Å². The molecule has 0 spiro atoms. The van der Waals surface area contributed by atoms with Crippen molar-refractivity contribution >= 4 is 0 Å². The molecule has 1 atom stereocenters. The maximum absolute atomic E-state index is 3.94. The molecule has 0 saturated heterocycles. The fraction of sp³-hybridized carbons (Fsp3) is 0.231. The summed E-state index contributed by atoms with van der Waals surface area (Å²) in [6.45, 7) is 1.02. The number of benzene rings is 1. The standard InChI is InChI=1S/C13H13N3/c1-2-4-12-10(3-1)5-7-14-13(12)11-6-8-15-16-9-11/h1-4,6,8-9,13-14H,5,7H2/t13-/m1/s1. The lowest BCUT2D eigenvalue weighted by atomic mass is 9.91. The molecule has 1 N–H and O–H groups in total. The predicted molar refractivity (Wildman–Crippen MR) is 62.0 cm³/mol. The Morgan fingerprint density at radius 1 is 1.12 bits per heavy atom. The van der Waals surface area contributed by atoms with Crippen LogP contribution in [0.25, 0.3) is 0 Å². The Kier molecular flexibility index (Phi) is 2.38. The van der Waals surface area contributed by atoms with Crippen LogP contribution >= 0.6 is 0 Å². The minimum absolute atomic E-state index is 0.264. The summed E-state index contributed by atoms with van der Waals surface area (Å²) >= 11 is 0. The summed E-state index contributed by atoms with van der Waals surface area (Å²) in [7, 11) is 0. The zero-order chi connectivity index (χ0) is 10.8. The van der Waals surface area contributed by atoms with Crippen LogP contribution in [0, 0.1) is 0 Å². The van der Waals surface area contributed by atoms with Crippen LogP contribution in [0.4, 0.5) is 0 Å². The zero-order valence-electron chi connectivity index (χ0n) is 8.93. The monoisotopic (exact) mass is 211 g/mol. The number of hydrogen-bond acceptors (Lipinski definition) is 3. The zero-order valence-corrected chi connectivity index (χ0v) is 8.93. The molecule has 1 aromatic heterocycles. The minimum atomic E-state index is 0.264. The second-order valence-electron chi connectivity index (χ2n) is 4.01. The number of rotatable bonds is 1. The quantitative estimate of drug-likeness (QED) is 0.780. The molecule has 16 heavy (non-hydrogen) atoms. The van der Waals surface area contributed by atoms with Crippen molar-refractivity contribution in [3.05, 3.63) is 59.4 Å². The van der Waals surface area contributed by atoms with Crippen LogP contribution in [0.15, 0.2) is 42.7 Å². The molecule has 1 aliphatic heterocycles. The molecular formula is C13H13N3. The van der Waals surface area contributed by atoms with E-state index in [4.69, 9.17) is 0 Å². The third-order valence-corrected chi connectivity index (χ3v) is 3.05. The predicted octanol–water partition coefficient (Wildman–Crippen LogP) is 1.71. The first-order valence-electron chi connectivity index (χ1n) is 5.53. The van der Waals surface area contributed by atoms with Gasteiger partial charge in [0.05, 0.1) is 12.2 Å². The van der Waals surface area contributed by atoms with Gasteiger partial charge in [-0.25, -0.2) is 0 Å². The van der Waals surface area contributed by atoms with E-state index in [9.17, 15) is 0 Å². The first kappa shape index (κ1) is 9.48. The van der Waals surface area contributed by atoms with Gasteiger partial charge in [0.25, 0.3) is 0 Å². The third-order valence-electron chi connectivity index (χ3n) is 3.05. The van der Waals surface area contributed by atoms with Crippen LogP contribution in [0.3, 0.4) is 0 Å². The van der Waals surface area contributed by atoms with Crippen LogP contribution in [-0.4, -0.2) is 16.7 Å². The summed E-state index contributed by atoms with van der Waals surface area (Å²) in [5, 5.41) is 11.3. The fourth-order valence-corrected chi connectivity index (χ4v) is 2.27. The van der Waals surface area contributed by atoms with E-state index < -0.39 is 0 Å². The molecule has 3 nitrogen and oxygen atoms in total. The van der Waals surface area contributed by atoms with E-state index in [1.54, 1.807) is 6.20 Å². The van der Waals surface area contributed by atoms with Crippen molar-refractivity contribution in [3.63, 3.8) is 0 Å². The van der Waals surface area contributed by atoms with E-state index in [1.165, 1.54) is 16.7 Å². The van der Waals surface area contributed by atoms with Crippen LogP contribution in [0.1, 0.15) is 22.7 Å². The second kappa shape index (κ2) is 4.02. The van der Waals surface area contributed by atoms with Crippen molar-refractivity contribution in [3.8, 4) is 0 Å². The number of nitrogens with zero attached hydrogens (tertiary/aromatic N) is 2. The highest BCUT2D eigenvalue weighted by Gasteiger charge is 2.20. The highest BCUT2D eigenvalue weighted by Crippen LogP contribution is 2.27. The van der Waals surface area contributed by atoms with E-state index in [0.29, 0.717) is 0 Å². The van der Waals surface area contributed by atoms with Crippen molar-refractivity contribution in [2.75, 3.05) is 6.54 Å². The Labute approximate surface area is 94.5 Å². The van der Waals surface area contributed by atoms with E-state index in [2.05, 4.69) is 39.8 Å². The molecule has 1 aliphatic rings. The Bertz CT molecular complexity index is 482. The topological polar surface area (TPSA) is 37.8 Å². The Balaban J connectivity index is 2.05. The summed E-state index contributed by atoms with van der Waals surface area (Å²) in [4.78, 5) is 0. The second-order valence-corrected chi connectivity index (χ2v) is 4.01. The summed E-state index contributed by atoms with van der Waals surface area (Å²) in [6, 6.07) is 10.9. The molecule has 0 radical (unpaired) electrons. The van der Waals surface area contributed by atoms with Crippen LogP contribution in [0.2, 0.25) is 0 Å². The lowest BCUT2D eigenvalue weighted by molar-refractivity contribution is 0.565. The molecule has 80 valence electrons. The van der Waals surface area contributed by atoms with Crippen molar-refractivity contribution in [1.29, 1.82) is 0 Å². The van der Waals surface area contributed by atoms with Gasteiger partial charge in [0.1, 0.15) is 0 Å². The molecule has 2 aromatic rings. The van der Waals surface area contributed by atoms with Gasteiger partial charge in [-0.3, -0.25) is 0 Å². The van der Waals surface area contributed by atoms with Gasteiger partial charge in [-0.05, 0) is 29.2 Å². The maximum atomic E-state index is 3.94. The molecule has 3 heteroatoms. The lowest BCUT2D eigenvalue weighted by Gasteiger charge is -2.26. The van der Waals surface area contributed by atoms with E-state index in [0.717, 1.165) is 13.0 Å². The maximum Gasteiger partial charge on any atom is 0.0596 e. The summed E-state index contributed by atoms with van der Waals surface area (Å²) < 4.78 is 0. The van der Waals surface area contributed by atoms with Crippen LogP contribution < -0.4 is 5.32 Å². The average Bonchev–Trinajstić information content (AvgIpc) is 2.39. The van der Waals surface area contributed by atoms with Crippen molar-refractivity contribution in [1.82, 2.24) is 15.5 Å². The number of hydrogen-bond donors (Lipinski definition) is 1. The molecule has 0 aliphatic carbocycles. The Morgan fingerprint density at radius 3 is 2.94 bits per heavy atom. The van der Waals surface area contributed by atoms with Gasteiger partial charge in [-0.15, -0.1) is 0 Å². The number of nitrogens with one attached hydrogen (secondary N) is 1. The Hall–Kier alpha value is -1.74. The number of aromatic nitrogens is 2. The molecule has 2 heterocycles. The Morgan fingerprint density at radius 2 is 2.06 bits per heavy atom. The normalized spacial score (nSPS) is 19.1. The van der Waals surface area contributed by atoms with Gasteiger partial charge in [0, 0.05) is 12.7 Å². The molecule has 0 amide bonds. The largest absolute Gasteiger partial charge is 0.306 e. The highest BCUT2D eigenvalue weighted by atomic mass is 15.1. The molecule has 1 aromatic carbocycles. The van der Waals surface area contributed by atoms with Gasteiger partial charge in [0.15, 0.2) is 0 Å². The molecule has 0 unspecified atom stereocenters. The van der Waals surface area contributed by atoms with Gasteiger partial charge in [-0.1, -0.05) is 24.3 Å². The molecule has 0 bridgehead atoms. The van der Waals surface area contributed by atoms with Gasteiger partial charge >= 0.3 is 0 Å². The van der Waals surface area contributed by atoms with E-state index in [-0.39, 0.29) is 6.04 Å². The van der Waals surface area contributed by atoms with E-state index >= 15 is 0 Å². The van der Waals surface area contributed by atoms with Gasteiger partial charge in [0.2, 0.25) is 0 Å². The van der Waals surface area contributed by atoms with Crippen LogP contribution in [0.5, 0.6) is 0 Å². The van der Waals surface area contributed by atoms with Crippen LogP contribution in [-0.2, 0) is 6.42 Å². The summed E-state index contributed by atoms with van der Waals surface area (Å²) in [6.07, 6.45) is 4.68. The lowest BCUT2D eigenvalue weighted by Crippen LogP contribution is -2.30.